The van der Waals surface area contributed by atoms with E-state index in [4.69, 9.17) is 0 Å². The zero-order valence-corrected chi connectivity index (χ0v) is 24.6. The first-order chi connectivity index (χ1) is 17.9. The highest BCUT2D eigenvalue weighted by atomic mass is 16.2. The molecule has 0 radical (unpaired) electrons. The fourth-order valence-electron chi connectivity index (χ4n) is 3.96. The van der Waals surface area contributed by atoms with Crippen LogP contribution >= 0.6 is 0 Å². The van der Waals surface area contributed by atoms with Crippen LogP contribution in [0, 0.1) is 18.8 Å². The number of nitrogens with zero attached hydrogens (tertiary/aromatic N) is 1. The quantitative estimate of drug-likeness (QED) is 0.245. The number of aryl methyl sites for hydroxylation is 1. The molecule has 0 saturated heterocycles. The fourth-order valence-corrected chi connectivity index (χ4v) is 3.96. The molecule has 0 heterocycles. The molecule has 1 aromatic carbocycles. The molecule has 0 aliphatic rings. The van der Waals surface area contributed by atoms with E-state index in [0.717, 1.165) is 18.4 Å². The van der Waals surface area contributed by atoms with Gasteiger partial charge in [-0.1, -0.05) is 41.5 Å². The van der Waals surface area contributed by atoms with Crippen molar-refractivity contribution in [1.82, 2.24) is 26.2 Å². The third kappa shape index (κ3) is 11.2. The third-order valence-corrected chi connectivity index (χ3v) is 6.05. The van der Waals surface area contributed by atoms with Crippen molar-refractivity contribution in [1.29, 1.82) is 0 Å². The van der Waals surface area contributed by atoms with Gasteiger partial charge in [0.05, 0.1) is 6.04 Å². The van der Waals surface area contributed by atoms with Crippen LogP contribution in [0.25, 0.3) is 0 Å². The largest absolute Gasteiger partial charge is 0.354 e. The molecule has 9 heteroatoms. The molecule has 0 spiro atoms. The molecule has 0 aromatic heterocycles. The summed E-state index contributed by atoms with van der Waals surface area (Å²) >= 11 is 0. The molecule has 0 aliphatic carbocycles. The van der Waals surface area contributed by atoms with Gasteiger partial charge in [-0.2, -0.15) is 0 Å². The van der Waals surface area contributed by atoms with Gasteiger partial charge < -0.3 is 26.2 Å². The SMILES string of the molecule is CCCN(CCC)C(=O)c1cc(C)cc(C(=O)NCCNC(C)C(=O)NC(C(=O)NCC(C)C)C(C)C)c1. The number of nitrogens with one attached hydrogen (secondary N) is 4. The Labute approximate surface area is 228 Å². The van der Waals surface area contributed by atoms with E-state index in [2.05, 4.69) is 21.3 Å². The second-order valence-corrected chi connectivity index (χ2v) is 10.7. The molecule has 38 heavy (non-hydrogen) atoms. The van der Waals surface area contributed by atoms with Crippen molar-refractivity contribution in [3.63, 3.8) is 0 Å². The highest BCUT2D eigenvalue weighted by molar-refractivity contribution is 6.00. The summed E-state index contributed by atoms with van der Waals surface area (Å²) in [6.07, 6.45) is 1.75. The van der Waals surface area contributed by atoms with Crippen molar-refractivity contribution >= 4 is 23.6 Å². The lowest BCUT2D eigenvalue weighted by molar-refractivity contribution is -0.130. The Morgan fingerprint density at radius 2 is 1.42 bits per heavy atom. The molecule has 0 saturated carbocycles. The van der Waals surface area contributed by atoms with Crippen LogP contribution in [0.5, 0.6) is 0 Å². The van der Waals surface area contributed by atoms with Crippen molar-refractivity contribution < 1.29 is 19.2 Å². The van der Waals surface area contributed by atoms with Gasteiger partial charge in [0.15, 0.2) is 0 Å². The van der Waals surface area contributed by atoms with Crippen LogP contribution in [-0.4, -0.2) is 73.3 Å². The molecular weight excluding hydrogens is 482 g/mol. The maximum absolute atomic E-state index is 13.0. The number of rotatable bonds is 16. The summed E-state index contributed by atoms with van der Waals surface area (Å²) in [6, 6.07) is 4.05. The summed E-state index contributed by atoms with van der Waals surface area (Å²) in [4.78, 5) is 52.8. The number of carbonyl (C=O) groups excluding carboxylic acids is 4. The van der Waals surface area contributed by atoms with E-state index in [-0.39, 0.29) is 29.5 Å². The Morgan fingerprint density at radius 1 is 0.816 bits per heavy atom. The van der Waals surface area contributed by atoms with Crippen LogP contribution < -0.4 is 21.3 Å². The van der Waals surface area contributed by atoms with Gasteiger partial charge in [0.25, 0.3) is 11.8 Å². The lowest BCUT2D eigenvalue weighted by Gasteiger charge is -2.24. The number of benzene rings is 1. The summed E-state index contributed by atoms with van der Waals surface area (Å²) in [5, 5.41) is 11.6. The van der Waals surface area contributed by atoms with E-state index < -0.39 is 12.1 Å². The average Bonchev–Trinajstić information content (AvgIpc) is 2.86. The number of hydrogen-bond acceptors (Lipinski definition) is 5. The molecular formula is C29H49N5O4. The minimum atomic E-state index is -0.617. The van der Waals surface area contributed by atoms with Gasteiger partial charge in [0.1, 0.15) is 6.04 Å². The Bertz CT molecular complexity index is 926. The molecule has 4 amide bonds. The molecule has 0 bridgehead atoms. The predicted octanol–water partition coefficient (Wildman–Crippen LogP) is 2.88. The van der Waals surface area contributed by atoms with Crippen molar-refractivity contribution in [3.05, 3.63) is 34.9 Å². The Balaban J connectivity index is 2.65. The smallest absolute Gasteiger partial charge is 0.253 e. The van der Waals surface area contributed by atoms with Gasteiger partial charge in [-0.3, -0.25) is 19.2 Å². The van der Waals surface area contributed by atoms with Crippen LogP contribution in [0.15, 0.2) is 18.2 Å². The maximum Gasteiger partial charge on any atom is 0.253 e. The summed E-state index contributed by atoms with van der Waals surface area (Å²) in [5.74, 6) is -0.543. The molecule has 1 rings (SSSR count). The van der Waals surface area contributed by atoms with Gasteiger partial charge in [-0.25, -0.2) is 0 Å². The monoisotopic (exact) mass is 531 g/mol. The lowest BCUT2D eigenvalue weighted by atomic mass is 10.0. The first kappa shape index (κ1) is 33.1. The molecule has 214 valence electrons. The minimum Gasteiger partial charge on any atom is -0.354 e. The highest BCUT2D eigenvalue weighted by Gasteiger charge is 2.26. The molecule has 0 fully saturated rings. The highest BCUT2D eigenvalue weighted by Crippen LogP contribution is 2.13. The summed E-state index contributed by atoms with van der Waals surface area (Å²) < 4.78 is 0. The van der Waals surface area contributed by atoms with Crippen LogP contribution in [0.1, 0.15) is 87.6 Å². The third-order valence-electron chi connectivity index (χ3n) is 6.05. The van der Waals surface area contributed by atoms with Crippen molar-refractivity contribution in [2.45, 2.75) is 80.3 Å². The van der Waals surface area contributed by atoms with E-state index in [9.17, 15) is 19.2 Å². The van der Waals surface area contributed by atoms with Gasteiger partial charge in [-0.05, 0) is 62.3 Å². The fraction of sp³-hybridized carbons (Fsp3) is 0.655. The van der Waals surface area contributed by atoms with Crippen LogP contribution in [0.3, 0.4) is 0 Å². The average molecular weight is 532 g/mol. The predicted molar refractivity (Wildman–Crippen MR) is 152 cm³/mol. The van der Waals surface area contributed by atoms with Crippen LogP contribution in [0.4, 0.5) is 0 Å². The van der Waals surface area contributed by atoms with E-state index in [1.165, 1.54) is 0 Å². The second kappa shape index (κ2) is 16.8. The zero-order chi connectivity index (χ0) is 28.8. The first-order valence-electron chi connectivity index (χ1n) is 13.9. The summed E-state index contributed by atoms with van der Waals surface area (Å²) in [6.45, 7) is 18.1. The van der Waals surface area contributed by atoms with Crippen molar-refractivity contribution in [2.24, 2.45) is 11.8 Å². The maximum atomic E-state index is 13.0. The van der Waals surface area contributed by atoms with Gasteiger partial charge in [0, 0.05) is 43.9 Å². The molecule has 9 nitrogen and oxygen atoms in total. The topological polar surface area (TPSA) is 120 Å². The summed E-state index contributed by atoms with van der Waals surface area (Å²) in [7, 11) is 0. The lowest BCUT2D eigenvalue weighted by Crippen LogP contribution is -2.54. The van der Waals surface area contributed by atoms with E-state index in [1.54, 1.807) is 19.1 Å². The van der Waals surface area contributed by atoms with Gasteiger partial charge >= 0.3 is 0 Å². The second-order valence-electron chi connectivity index (χ2n) is 10.7. The van der Waals surface area contributed by atoms with E-state index in [1.807, 2.05) is 59.4 Å². The van der Waals surface area contributed by atoms with Crippen molar-refractivity contribution in [2.75, 3.05) is 32.7 Å². The normalized spacial score (nSPS) is 12.7. The Morgan fingerprint density at radius 3 is 1.97 bits per heavy atom. The Hall–Kier alpha value is -2.94. The molecule has 2 unspecified atom stereocenters. The Kier molecular flexibility index (Phi) is 14.6. The number of carbonyl (C=O) groups is 4. The van der Waals surface area contributed by atoms with E-state index >= 15 is 0 Å². The molecule has 1 aromatic rings. The molecule has 2 atom stereocenters. The molecule has 0 aliphatic heterocycles. The van der Waals surface area contributed by atoms with Crippen LogP contribution in [0.2, 0.25) is 0 Å². The van der Waals surface area contributed by atoms with Crippen LogP contribution in [-0.2, 0) is 9.59 Å². The summed E-state index contributed by atoms with van der Waals surface area (Å²) in [5.41, 5.74) is 1.78. The van der Waals surface area contributed by atoms with Gasteiger partial charge in [0.2, 0.25) is 11.8 Å². The zero-order valence-electron chi connectivity index (χ0n) is 24.6. The first-order valence-corrected chi connectivity index (χ1v) is 13.9. The number of amides is 4. The van der Waals surface area contributed by atoms with Crippen molar-refractivity contribution in [3.8, 4) is 0 Å². The number of hydrogen-bond donors (Lipinski definition) is 4. The molecule has 4 N–H and O–H groups in total. The standard InChI is InChI=1S/C29H49N5O4/c1-9-13-34(14-10-2)29(38)24-16-21(7)15-23(17-24)27(36)31-12-11-30-22(8)26(35)33-25(20(5)6)28(37)32-18-19(3)4/h15-17,19-20,22,25,30H,9-14,18H2,1-8H3,(H,31,36)(H,32,37)(H,33,35). The van der Waals surface area contributed by atoms with Gasteiger partial charge in [-0.15, -0.1) is 0 Å². The minimum absolute atomic E-state index is 0.0558. The van der Waals surface area contributed by atoms with E-state index in [0.29, 0.717) is 49.8 Å².